The zero-order valence-corrected chi connectivity index (χ0v) is 6.05. The second-order valence-corrected chi connectivity index (χ2v) is 2.98. The van der Waals surface area contributed by atoms with E-state index in [0.29, 0.717) is 6.61 Å². The smallest absolute Gasteiger partial charge is 0.159 e. The van der Waals surface area contributed by atoms with Crippen LogP contribution in [-0.4, -0.2) is 18.0 Å². The average Bonchev–Trinajstić information content (AvgIpc) is 2.15. The van der Waals surface area contributed by atoms with Gasteiger partial charge in [-0.05, 0) is 12.8 Å². The zero-order chi connectivity index (χ0) is 6.91. The minimum absolute atomic E-state index is 0.0278. The lowest BCUT2D eigenvalue weighted by atomic mass is 9.86. The van der Waals surface area contributed by atoms with Crippen LogP contribution in [0.1, 0.15) is 26.7 Å². The molecular weight excluding hydrogens is 116 g/mol. The highest BCUT2D eigenvalue weighted by Gasteiger charge is 2.36. The van der Waals surface area contributed by atoms with E-state index in [1.807, 2.05) is 0 Å². The molecule has 1 rings (SSSR count). The average molecular weight is 130 g/mol. The summed E-state index contributed by atoms with van der Waals surface area (Å²) in [5.41, 5.74) is 0.0278. The Labute approximate surface area is 55.8 Å². The predicted octanol–water partition coefficient (Wildman–Crippen LogP) is 1.14. The Balaban J connectivity index is 2.56. The lowest BCUT2D eigenvalue weighted by molar-refractivity contribution is -0.113. The summed E-state index contributed by atoms with van der Waals surface area (Å²) >= 11 is 0. The third kappa shape index (κ3) is 1.10. The molecule has 2 atom stereocenters. The van der Waals surface area contributed by atoms with Crippen LogP contribution in [-0.2, 0) is 4.74 Å². The molecular formula is C7H14O2. The third-order valence-electron chi connectivity index (χ3n) is 2.35. The topological polar surface area (TPSA) is 29.5 Å². The Morgan fingerprint density at radius 2 is 2.44 bits per heavy atom. The maximum absolute atomic E-state index is 9.23. The second kappa shape index (κ2) is 2.27. The van der Waals surface area contributed by atoms with Crippen LogP contribution < -0.4 is 0 Å². The molecule has 1 N–H and O–H groups in total. The van der Waals surface area contributed by atoms with Crippen molar-refractivity contribution in [1.82, 2.24) is 0 Å². The molecule has 2 heteroatoms. The molecule has 1 fully saturated rings. The van der Waals surface area contributed by atoms with Crippen molar-refractivity contribution in [1.29, 1.82) is 0 Å². The minimum Gasteiger partial charge on any atom is -0.367 e. The van der Waals surface area contributed by atoms with Crippen molar-refractivity contribution in [2.45, 2.75) is 33.0 Å². The Morgan fingerprint density at radius 1 is 1.78 bits per heavy atom. The van der Waals surface area contributed by atoms with E-state index in [1.165, 1.54) is 0 Å². The van der Waals surface area contributed by atoms with Crippen LogP contribution in [0.25, 0.3) is 0 Å². The Kier molecular flexibility index (Phi) is 1.78. The van der Waals surface area contributed by atoms with E-state index in [4.69, 9.17) is 4.74 Å². The molecule has 0 aromatic rings. The monoisotopic (exact) mass is 130 g/mol. The number of rotatable bonds is 1. The molecule has 0 saturated carbocycles. The van der Waals surface area contributed by atoms with Crippen LogP contribution in [0, 0.1) is 5.41 Å². The number of ether oxygens (including phenoxy) is 1. The normalized spacial score (nSPS) is 43.7. The predicted molar refractivity (Wildman–Crippen MR) is 35.0 cm³/mol. The van der Waals surface area contributed by atoms with Gasteiger partial charge in [-0.2, -0.15) is 0 Å². The minimum atomic E-state index is -0.525. The number of hydrogen-bond donors (Lipinski definition) is 1. The molecule has 1 heterocycles. The van der Waals surface area contributed by atoms with Gasteiger partial charge < -0.3 is 9.84 Å². The van der Waals surface area contributed by atoms with Crippen molar-refractivity contribution in [3.05, 3.63) is 0 Å². The van der Waals surface area contributed by atoms with Crippen molar-refractivity contribution in [3.63, 3.8) is 0 Å². The maximum Gasteiger partial charge on any atom is 0.159 e. The summed E-state index contributed by atoms with van der Waals surface area (Å²) in [5, 5.41) is 9.23. The van der Waals surface area contributed by atoms with E-state index in [0.717, 1.165) is 12.8 Å². The molecule has 9 heavy (non-hydrogen) atoms. The standard InChI is InChI=1S/C7H14O2/c1-3-7(2)4-5-9-6(7)8/h6,8H,3-5H2,1-2H3. The first-order chi connectivity index (χ1) is 4.19. The van der Waals surface area contributed by atoms with Crippen LogP contribution in [0.4, 0.5) is 0 Å². The van der Waals surface area contributed by atoms with Gasteiger partial charge in [-0.15, -0.1) is 0 Å². The van der Waals surface area contributed by atoms with Gasteiger partial charge in [0, 0.05) is 5.41 Å². The van der Waals surface area contributed by atoms with Crippen LogP contribution >= 0.6 is 0 Å². The maximum atomic E-state index is 9.23. The van der Waals surface area contributed by atoms with Crippen molar-refractivity contribution in [3.8, 4) is 0 Å². The van der Waals surface area contributed by atoms with Gasteiger partial charge in [-0.25, -0.2) is 0 Å². The van der Waals surface area contributed by atoms with E-state index >= 15 is 0 Å². The quantitative estimate of drug-likeness (QED) is 0.576. The zero-order valence-electron chi connectivity index (χ0n) is 6.05. The molecule has 0 bridgehead atoms. The van der Waals surface area contributed by atoms with E-state index in [2.05, 4.69) is 13.8 Å². The fraction of sp³-hybridized carbons (Fsp3) is 1.00. The molecule has 2 nitrogen and oxygen atoms in total. The van der Waals surface area contributed by atoms with Crippen molar-refractivity contribution < 1.29 is 9.84 Å². The molecule has 54 valence electrons. The molecule has 0 aliphatic carbocycles. The first-order valence-corrected chi connectivity index (χ1v) is 3.49. The Morgan fingerprint density at radius 3 is 2.67 bits per heavy atom. The van der Waals surface area contributed by atoms with Crippen LogP contribution in [0.2, 0.25) is 0 Å². The van der Waals surface area contributed by atoms with Gasteiger partial charge in [0.15, 0.2) is 6.29 Å². The van der Waals surface area contributed by atoms with Gasteiger partial charge in [0.05, 0.1) is 6.61 Å². The van der Waals surface area contributed by atoms with Gasteiger partial charge in [-0.3, -0.25) is 0 Å². The van der Waals surface area contributed by atoms with Gasteiger partial charge in [0.25, 0.3) is 0 Å². The fourth-order valence-corrected chi connectivity index (χ4v) is 1.08. The van der Waals surface area contributed by atoms with Crippen molar-refractivity contribution >= 4 is 0 Å². The number of hydrogen-bond acceptors (Lipinski definition) is 2. The van der Waals surface area contributed by atoms with E-state index in [-0.39, 0.29) is 5.41 Å². The molecule has 1 saturated heterocycles. The van der Waals surface area contributed by atoms with Gasteiger partial charge in [-0.1, -0.05) is 13.8 Å². The number of aliphatic hydroxyl groups is 1. The molecule has 2 unspecified atom stereocenters. The highest BCUT2D eigenvalue weighted by atomic mass is 16.6. The highest BCUT2D eigenvalue weighted by molar-refractivity contribution is 4.79. The second-order valence-electron chi connectivity index (χ2n) is 2.98. The lowest BCUT2D eigenvalue weighted by Gasteiger charge is -2.23. The number of aliphatic hydroxyl groups excluding tert-OH is 1. The van der Waals surface area contributed by atoms with Crippen LogP contribution in [0.5, 0.6) is 0 Å². The SMILES string of the molecule is CCC1(C)CCOC1O. The Hall–Kier alpha value is -0.0800. The van der Waals surface area contributed by atoms with Gasteiger partial charge in [0.1, 0.15) is 0 Å². The Bertz CT molecular complexity index is 103. The largest absolute Gasteiger partial charge is 0.367 e. The first-order valence-electron chi connectivity index (χ1n) is 3.49. The molecule has 0 spiro atoms. The highest BCUT2D eigenvalue weighted by Crippen LogP contribution is 2.35. The summed E-state index contributed by atoms with van der Waals surface area (Å²) in [5.74, 6) is 0. The van der Waals surface area contributed by atoms with E-state index < -0.39 is 6.29 Å². The summed E-state index contributed by atoms with van der Waals surface area (Å²) in [6.45, 7) is 4.86. The molecule has 0 aromatic heterocycles. The molecule has 1 aliphatic heterocycles. The molecule has 1 aliphatic rings. The van der Waals surface area contributed by atoms with Gasteiger partial charge >= 0.3 is 0 Å². The first kappa shape index (κ1) is 7.03. The van der Waals surface area contributed by atoms with Gasteiger partial charge in [0.2, 0.25) is 0 Å². The summed E-state index contributed by atoms with van der Waals surface area (Å²) in [7, 11) is 0. The fourth-order valence-electron chi connectivity index (χ4n) is 1.08. The van der Waals surface area contributed by atoms with Crippen molar-refractivity contribution in [2.75, 3.05) is 6.61 Å². The third-order valence-corrected chi connectivity index (χ3v) is 2.35. The lowest BCUT2D eigenvalue weighted by Crippen LogP contribution is -2.26. The van der Waals surface area contributed by atoms with Crippen LogP contribution in [0.3, 0.4) is 0 Å². The van der Waals surface area contributed by atoms with E-state index in [1.54, 1.807) is 0 Å². The van der Waals surface area contributed by atoms with Crippen LogP contribution in [0.15, 0.2) is 0 Å². The molecule has 0 amide bonds. The summed E-state index contributed by atoms with van der Waals surface area (Å²) < 4.78 is 5.01. The van der Waals surface area contributed by atoms with Crippen molar-refractivity contribution in [2.24, 2.45) is 5.41 Å². The summed E-state index contributed by atoms with van der Waals surface area (Å²) in [6, 6.07) is 0. The molecule has 0 radical (unpaired) electrons. The van der Waals surface area contributed by atoms with E-state index in [9.17, 15) is 5.11 Å². The summed E-state index contributed by atoms with van der Waals surface area (Å²) in [4.78, 5) is 0. The summed E-state index contributed by atoms with van der Waals surface area (Å²) in [6.07, 6.45) is 1.46. The molecule has 0 aromatic carbocycles.